The molecule has 10 heavy (non-hydrogen) atoms. The summed E-state index contributed by atoms with van der Waals surface area (Å²) in [4.78, 5) is 0.863. The second-order valence-electron chi connectivity index (χ2n) is 1.67. The molecule has 48 valence electrons. The summed E-state index contributed by atoms with van der Waals surface area (Å²) in [5.74, 6) is 0. The fourth-order valence-corrected chi connectivity index (χ4v) is 2.28. The molecule has 0 amide bonds. The van der Waals surface area contributed by atoms with Gasteiger partial charge in [-0.3, -0.25) is 0 Å². The van der Waals surface area contributed by atoms with Crippen molar-refractivity contribution < 1.29 is 0 Å². The summed E-state index contributed by atoms with van der Waals surface area (Å²) in [6, 6.07) is 2.08. The van der Waals surface area contributed by atoms with Crippen molar-refractivity contribution in [3.63, 3.8) is 0 Å². The van der Waals surface area contributed by atoms with Crippen molar-refractivity contribution in [1.82, 2.24) is 9.59 Å². The van der Waals surface area contributed by atoms with Gasteiger partial charge in [-0.15, -0.1) is 16.4 Å². The highest BCUT2D eigenvalue weighted by atomic mass is 32.1. The summed E-state index contributed by atoms with van der Waals surface area (Å²) >= 11 is 2.73. The zero-order valence-corrected chi connectivity index (χ0v) is 6.37. The van der Waals surface area contributed by atoms with Crippen molar-refractivity contribution in [2.45, 2.75) is 0 Å². The largest absolute Gasteiger partial charge is 0.192 e. The Bertz CT molecular complexity index is 394. The molecule has 0 aliphatic heterocycles. The first kappa shape index (κ1) is 5.77. The quantitative estimate of drug-likeness (QED) is 0.599. The van der Waals surface area contributed by atoms with E-state index in [-0.39, 0.29) is 0 Å². The molecular formula is C5HN3S2. The lowest BCUT2D eigenvalue weighted by molar-refractivity contribution is 1.21. The summed E-state index contributed by atoms with van der Waals surface area (Å²) < 4.78 is 4.63. The third kappa shape index (κ3) is 0.632. The molecule has 3 nitrogen and oxygen atoms in total. The molecule has 0 saturated carbocycles. The third-order valence-corrected chi connectivity index (χ3v) is 2.86. The minimum absolute atomic E-state index is 0.690. The van der Waals surface area contributed by atoms with Crippen LogP contribution in [-0.2, 0) is 0 Å². The second kappa shape index (κ2) is 2.01. The van der Waals surface area contributed by atoms with Crippen LogP contribution in [0.4, 0.5) is 0 Å². The molecule has 0 saturated heterocycles. The van der Waals surface area contributed by atoms with E-state index >= 15 is 0 Å². The minimum atomic E-state index is 0.690. The first-order chi connectivity index (χ1) is 4.92. The van der Waals surface area contributed by atoms with Crippen LogP contribution in [0.2, 0.25) is 0 Å². The smallest absolute Gasteiger partial charge is 0.160 e. The monoisotopic (exact) mass is 167 g/mol. The van der Waals surface area contributed by atoms with Crippen LogP contribution in [0.5, 0.6) is 0 Å². The maximum atomic E-state index is 8.55. The van der Waals surface area contributed by atoms with E-state index in [0.717, 1.165) is 9.53 Å². The lowest BCUT2D eigenvalue weighted by atomic mass is 10.4. The molecule has 2 aromatic heterocycles. The highest BCUT2D eigenvalue weighted by Crippen LogP contribution is 2.25. The molecule has 0 fully saturated rings. The Morgan fingerprint density at radius 3 is 3.30 bits per heavy atom. The molecule has 2 heterocycles. The molecule has 0 aliphatic carbocycles. The van der Waals surface area contributed by atoms with Crippen molar-refractivity contribution in [2.75, 3.05) is 0 Å². The Balaban J connectivity index is 2.92. The molecule has 0 spiro atoms. The number of thiophene rings is 1. The van der Waals surface area contributed by atoms with Crippen LogP contribution in [-0.4, -0.2) is 9.59 Å². The van der Waals surface area contributed by atoms with E-state index in [2.05, 4.69) is 15.7 Å². The molecule has 0 N–H and O–H groups in total. The maximum absolute atomic E-state index is 8.55. The summed E-state index contributed by atoms with van der Waals surface area (Å²) in [5.41, 5.74) is 0.690. The minimum Gasteiger partial charge on any atom is -0.192 e. The second-order valence-corrected chi connectivity index (χ2v) is 3.28. The Labute approximate surface area is 64.7 Å². The van der Waals surface area contributed by atoms with Crippen LogP contribution >= 0.6 is 22.9 Å². The van der Waals surface area contributed by atoms with E-state index in [1.807, 2.05) is 0 Å². The van der Waals surface area contributed by atoms with Gasteiger partial charge < -0.3 is 0 Å². The average Bonchev–Trinajstić information content (AvgIpc) is 2.44. The van der Waals surface area contributed by atoms with E-state index < -0.39 is 0 Å². The maximum Gasteiger partial charge on any atom is 0.160 e. The van der Waals surface area contributed by atoms with E-state index in [4.69, 9.17) is 5.26 Å². The molecule has 0 atom stereocenters. The van der Waals surface area contributed by atoms with Gasteiger partial charge >= 0.3 is 0 Å². The summed E-state index contributed by atoms with van der Waals surface area (Å²) in [7, 11) is 0. The van der Waals surface area contributed by atoms with Crippen LogP contribution < -0.4 is 0 Å². The molecule has 2 rings (SSSR count). The van der Waals surface area contributed by atoms with Crippen LogP contribution in [0.25, 0.3) is 9.53 Å². The highest BCUT2D eigenvalue weighted by Gasteiger charge is 2.05. The van der Waals surface area contributed by atoms with Gasteiger partial charge in [0.25, 0.3) is 0 Å². The van der Waals surface area contributed by atoms with Gasteiger partial charge in [0.15, 0.2) is 4.83 Å². The molecule has 0 aromatic carbocycles. The van der Waals surface area contributed by atoms with Crippen LogP contribution in [0.1, 0.15) is 5.56 Å². The topological polar surface area (TPSA) is 49.6 Å². The lowest BCUT2D eigenvalue weighted by Crippen LogP contribution is -1.58. The fourth-order valence-electron chi connectivity index (χ4n) is 0.670. The van der Waals surface area contributed by atoms with E-state index in [1.165, 1.54) is 22.9 Å². The molecule has 0 aliphatic rings. The average molecular weight is 167 g/mol. The SMILES string of the molecule is N#Cc1csc2nnsc12. The molecule has 0 unspecified atom stereocenters. The number of fused-ring (bicyclic) bond motifs is 1. The summed E-state index contributed by atoms with van der Waals surface area (Å²) in [6.07, 6.45) is 0. The number of rotatable bonds is 0. The van der Waals surface area contributed by atoms with Crippen LogP contribution in [0, 0.1) is 11.3 Å². The number of hydrogen-bond acceptors (Lipinski definition) is 5. The van der Waals surface area contributed by atoms with Crippen molar-refractivity contribution in [3.8, 4) is 6.07 Å². The first-order valence-corrected chi connectivity index (χ1v) is 4.17. The van der Waals surface area contributed by atoms with Crippen molar-refractivity contribution in [2.24, 2.45) is 0 Å². The predicted octanol–water partition coefficient (Wildman–Crippen LogP) is 1.62. The van der Waals surface area contributed by atoms with E-state index in [9.17, 15) is 0 Å². The molecule has 2 aromatic rings. The van der Waals surface area contributed by atoms with Gasteiger partial charge in [-0.1, -0.05) is 4.49 Å². The molecule has 0 bridgehead atoms. The predicted molar refractivity (Wildman–Crippen MR) is 40.0 cm³/mol. The van der Waals surface area contributed by atoms with E-state index in [1.54, 1.807) is 5.38 Å². The Morgan fingerprint density at radius 1 is 1.60 bits per heavy atom. The van der Waals surface area contributed by atoms with E-state index in [0.29, 0.717) is 5.56 Å². The lowest BCUT2D eigenvalue weighted by Gasteiger charge is -1.69. The van der Waals surface area contributed by atoms with Crippen molar-refractivity contribution >= 4 is 32.4 Å². The Hall–Kier alpha value is -0.990. The van der Waals surface area contributed by atoms with Crippen molar-refractivity contribution in [1.29, 1.82) is 5.26 Å². The summed E-state index contributed by atoms with van der Waals surface area (Å²) in [6.45, 7) is 0. The first-order valence-electron chi connectivity index (χ1n) is 2.51. The zero-order valence-electron chi connectivity index (χ0n) is 4.74. The third-order valence-electron chi connectivity index (χ3n) is 1.11. The molecule has 0 radical (unpaired) electrons. The van der Waals surface area contributed by atoms with Gasteiger partial charge in [0.05, 0.1) is 5.56 Å². The van der Waals surface area contributed by atoms with Gasteiger partial charge in [-0.25, -0.2) is 0 Å². The number of nitriles is 1. The number of aromatic nitrogens is 2. The van der Waals surface area contributed by atoms with Crippen LogP contribution in [0.3, 0.4) is 0 Å². The number of hydrogen-bond donors (Lipinski definition) is 0. The zero-order chi connectivity index (χ0) is 6.97. The highest BCUT2D eigenvalue weighted by molar-refractivity contribution is 7.23. The Morgan fingerprint density at radius 2 is 2.50 bits per heavy atom. The number of nitrogens with zero attached hydrogens (tertiary/aromatic N) is 3. The van der Waals surface area contributed by atoms with Gasteiger partial charge in [0, 0.05) is 5.38 Å². The van der Waals surface area contributed by atoms with Crippen molar-refractivity contribution in [3.05, 3.63) is 10.9 Å². The molecule has 5 heteroatoms. The van der Waals surface area contributed by atoms with Gasteiger partial charge in [-0.2, -0.15) is 5.26 Å². The van der Waals surface area contributed by atoms with Gasteiger partial charge in [0.1, 0.15) is 10.8 Å². The molecular weight excluding hydrogens is 166 g/mol. The fraction of sp³-hybridized carbons (Fsp3) is 0. The van der Waals surface area contributed by atoms with Crippen LogP contribution in [0.15, 0.2) is 5.38 Å². The summed E-state index contributed by atoms with van der Waals surface area (Å²) in [5, 5.41) is 14.2. The normalized spacial score (nSPS) is 9.90. The standard InChI is InChI=1S/C5HN3S2/c6-1-3-2-9-5-4(3)10-8-7-5/h2H. The Kier molecular flexibility index (Phi) is 1.16. The van der Waals surface area contributed by atoms with Gasteiger partial charge in [-0.05, 0) is 11.5 Å². The van der Waals surface area contributed by atoms with Gasteiger partial charge in [0.2, 0.25) is 0 Å².